The summed E-state index contributed by atoms with van der Waals surface area (Å²) < 4.78 is 0. The van der Waals surface area contributed by atoms with Crippen LogP contribution in [-0.2, 0) is 0 Å². The van der Waals surface area contributed by atoms with Crippen molar-refractivity contribution in [1.82, 2.24) is 5.32 Å². The zero-order chi connectivity index (χ0) is 14.3. The van der Waals surface area contributed by atoms with Gasteiger partial charge in [-0.25, -0.2) is 0 Å². The Hall–Kier alpha value is -0.470. The molecule has 2 heteroatoms. The molecule has 1 unspecified atom stereocenters. The number of thioether (sulfide) groups is 1. The van der Waals surface area contributed by atoms with Gasteiger partial charge in [0.05, 0.1) is 0 Å². The van der Waals surface area contributed by atoms with E-state index in [1.165, 1.54) is 23.3 Å². The first-order valence-electron chi connectivity index (χ1n) is 7.33. The van der Waals surface area contributed by atoms with Gasteiger partial charge in [0.25, 0.3) is 0 Å². The maximum atomic E-state index is 3.62. The van der Waals surface area contributed by atoms with Crippen molar-refractivity contribution >= 4 is 11.8 Å². The molecule has 0 bridgehead atoms. The van der Waals surface area contributed by atoms with Gasteiger partial charge in [-0.2, -0.15) is 0 Å². The normalized spacial score (nSPS) is 13.5. The molecule has 0 fully saturated rings. The summed E-state index contributed by atoms with van der Waals surface area (Å²) in [5, 5.41) is 3.62. The summed E-state index contributed by atoms with van der Waals surface area (Å²) in [6.07, 6.45) is 2.54. The van der Waals surface area contributed by atoms with Gasteiger partial charge in [-0.15, -0.1) is 11.8 Å². The fraction of sp³-hybridized carbons (Fsp3) is 0.647. The molecule has 1 aromatic rings. The van der Waals surface area contributed by atoms with E-state index in [1.54, 1.807) is 0 Å². The number of hydrogen-bond acceptors (Lipinski definition) is 2. The first kappa shape index (κ1) is 16.6. The van der Waals surface area contributed by atoms with E-state index in [4.69, 9.17) is 0 Å². The Morgan fingerprint density at radius 1 is 1.26 bits per heavy atom. The fourth-order valence-electron chi connectivity index (χ4n) is 2.04. The second-order valence-corrected chi connectivity index (χ2v) is 7.57. The molecule has 0 aliphatic heterocycles. The van der Waals surface area contributed by atoms with E-state index in [2.05, 4.69) is 64.2 Å². The van der Waals surface area contributed by atoms with E-state index in [-0.39, 0.29) is 0 Å². The molecule has 0 amide bonds. The summed E-state index contributed by atoms with van der Waals surface area (Å²) in [6, 6.07) is 9.41. The summed E-state index contributed by atoms with van der Waals surface area (Å²) in [5.41, 5.74) is 1.78. The second-order valence-electron chi connectivity index (χ2n) is 6.48. The van der Waals surface area contributed by atoms with Crippen LogP contribution in [0, 0.1) is 12.3 Å². The van der Waals surface area contributed by atoms with Crippen LogP contribution >= 0.6 is 11.8 Å². The van der Waals surface area contributed by atoms with Crippen LogP contribution < -0.4 is 5.32 Å². The molecule has 0 spiro atoms. The summed E-state index contributed by atoms with van der Waals surface area (Å²) in [7, 11) is 0. The monoisotopic (exact) mass is 279 g/mol. The average molecular weight is 279 g/mol. The summed E-state index contributed by atoms with van der Waals surface area (Å²) >= 11 is 1.97. The SMILES string of the molecule is CCNC(CCC(C)(C)C)CSc1cccc(C)c1. The quantitative estimate of drug-likeness (QED) is 0.713. The van der Waals surface area contributed by atoms with E-state index < -0.39 is 0 Å². The number of hydrogen-bond donors (Lipinski definition) is 1. The first-order valence-corrected chi connectivity index (χ1v) is 8.32. The molecule has 19 heavy (non-hydrogen) atoms. The van der Waals surface area contributed by atoms with Gasteiger partial charge in [0.2, 0.25) is 0 Å². The van der Waals surface area contributed by atoms with Crippen LogP contribution in [0.3, 0.4) is 0 Å². The minimum Gasteiger partial charge on any atom is -0.313 e. The van der Waals surface area contributed by atoms with Crippen LogP contribution in [0.5, 0.6) is 0 Å². The number of benzene rings is 1. The molecule has 1 nitrogen and oxygen atoms in total. The molecule has 0 saturated heterocycles. The van der Waals surface area contributed by atoms with Crippen LogP contribution in [0.2, 0.25) is 0 Å². The molecule has 108 valence electrons. The Kier molecular flexibility index (Phi) is 6.95. The van der Waals surface area contributed by atoms with Crippen LogP contribution in [0.25, 0.3) is 0 Å². The smallest absolute Gasteiger partial charge is 0.0161 e. The van der Waals surface area contributed by atoms with Crippen LogP contribution in [0.15, 0.2) is 29.2 Å². The second kappa shape index (κ2) is 7.96. The third-order valence-corrected chi connectivity index (χ3v) is 4.33. The molecule has 0 radical (unpaired) electrons. The lowest BCUT2D eigenvalue weighted by Crippen LogP contribution is -2.32. The lowest BCUT2D eigenvalue weighted by Gasteiger charge is -2.23. The zero-order valence-corrected chi connectivity index (χ0v) is 13.9. The van der Waals surface area contributed by atoms with Gasteiger partial charge in [-0.3, -0.25) is 0 Å². The van der Waals surface area contributed by atoms with Crippen molar-refractivity contribution in [1.29, 1.82) is 0 Å². The van der Waals surface area contributed by atoms with Crippen molar-refractivity contribution in [2.75, 3.05) is 12.3 Å². The molecule has 1 N–H and O–H groups in total. The predicted molar refractivity (Wildman–Crippen MR) is 88.1 cm³/mol. The van der Waals surface area contributed by atoms with Gasteiger partial charge in [0.15, 0.2) is 0 Å². The Morgan fingerprint density at radius 2 is 2.00 bits per heavy atom. The zero-order valence-electron chi connectivity index (χ0n) is 13.1. The van der Waals surface area contributed by atoms with E-state index in [0.29, 0.717) is 11.5 Å². The molecular weight excluding hydrogens is 250 g/mol. The Bertz CT molecular complexity index is 368. The molecule has 0 aliphatic carbocycles. The summed E-state index contributed by atoms with van der Waals surface area (Å²) in [4.78, 5) is 1.39. The summed E-state index contributed by atoms with van der Waals surface area (Å²) in [5.74, 6) is 1.16. The van der Waals surface area contributed by atoms with Crippen LogP contribution in [0.4, 0.5) is 0 Å². The first-order chi connectivity index (χ1) is 8.90. The summed E-state index contributed by atoms with van der Waals surface area (Å²) in [6.45, 7) is 12.4. The predicted octanol–water partition coefficient (Wildman–Crippen LogP) is 4.89. The van der Waals surface area contributed by atoms with Crippen molar-refractivity contribution in [2.45, 2.75) is 58.4 Å². The van der Waals surface area contributed by atoms with Gasteiger partial charge in [0, 0.05) is 16.7 Å². The highest BCUT2D eigenvalue weighted by Crippen LogP contribution is 2.25. The lowest BCUT2D eigenvalue weighted by molar-refractivity contribution is 0.340. The van der Waals surface area contributed by atoms with Gasteiger partial charge < -0.3 is 5.32 Å². The van der Waals surface area contributed by atoms with E-state index in [9.17, 15) is 0 Å². The topological polar surface area (TPSA) is 12.0 Å². The van der Waals surface area contributed by atoms with Crippen molar-refractivity contribution < 1.29 is 0 Å². The van der Waals surface area contributed by atoms with Gasteiger partial charge in [-0.1, -0.05) is 45.4 Å². The third kappa shape index (κ3) is 7.64. The highest BCUT2D eigenvalue weighted by molar-refractivity contribution is 7.99. The van der Waals surface area contributed by atoms with Gasteiger partial charge in [-0.05, 0) is 43.9 Å². The molecule has 0 aromatic heterocycles. The Morgan fingerprint density at radius 3 is 2.58 bits per heavy atom. The number of rotatable bonds is 7. The fourth-order valence-corrected chi connectivity index (χ4v) is 3.16. The maximum Gasteiger partial charge on any atom is 0.0161 e. The minimum atomic E-state index is 0.432. The molecule has 0 heterocycles. The van der Waals surface area contributed by atoms with Crippen LogP contribution in [-0.4, -0.2) is 18.3 Å². The van der Waals surface area contributed by atoms with Gasteiger partial charge in [0.1, 0.15) is 0 Å². The van der Waals surface area contributed by atoms with Crippen molar-refractivity contribution in [3.63, 3.8) is 0 Å². The van der Waals surface area contributed by atoms with Crippen molar-refractivity contribution in [3.05, 3.63) is 29.8 Å². The maximum absolute atomic E-state index is 3.62. The van der Waals surface area contributed by atoms with E-state index >= 15 is 0 Å². The average Bonchev–Trinajstić information content (AvgIpc) is 2.32. The standard InChI is InChI=1S/C17H29NS/c1-6-18-15(10-11-17(3,4)5)13-19-16-9-7-8-14(2)12-16/h7-9,12,15,18H,6,10-11,13H2,1-5H3. The lowest BCUT2D eigenvalue weighted by atomic mass is 9.89. The Balaban J connectivity index is 2.45. The molecule has 0 aliphatic rings. The highest BCUT2D eigenvalue weighted by atomic mass is 32.2. The molecular formula is C17H29NS. The van der Waals surface area contributed by atoms with Crippen molar-refractivity contribution in [2.24, 2.45) is 5.41 Å². The van der Waals surface area contributed by atoms with E-state index in [1.807, 2.05) is 11.8 Å². The van der Waals surface area contributed by atoms with E-state index in [0.717, 1.165) is 12.3 Å². The molecule has 1 rings (SSSR count). The molecule has 1 atom stereocenters. The number of nitrogens with one attached hydrogen (secondary N) is 1. The van der Waals surface area contributed by atoms with Crippen LogP contribution in [0.1, 0.15) is 46.1 Å². The molecule has 0 saturated carbocycles. The third-order valence-electron chi connectivity index (χ3n) is 3.18. The van der Waals surface area contributed by atoms with Crippen molar-refractivity contribution in [3.8, 4) is 0 Å². The van der Waals surface area contributed by atoms with Gasteiger partial charge >= 0.3 is 0 Å². The Labute approximate surface area is 123 Å². The minimum absolute atomic E-state index is 0.432. The largest absolute Gasteiger partial charge is 0.313 e. The number of aryl methyl sites for hydroxylation is 1. The molecule has 1 aromatic carbocycles. The highest BCUT2D eigenvalue weighted by Gasteiger charge is 2.15.